The summed E-state index contributed by atoms with van der Waals surface area (Å²) in [5.74, 6) is -4.97. The molecule has 0 heterocycles. The largest absolute Gasteiger partial charge is 0.481 e. The fourth-order valence-electron chi connectivity index (χ4n) is 3.50. The van der Waals surface area contributed by atoms with Gasteiger partial charge < -0.3 is 10.4 Å². The van der Waals surface area contributed by atoms with Crippen LogP contribution in [0.3, 0.4) is 0 Å². The predicted molar refractivity (Wildman–Crippen MR) is 75.0 cm³/mol. The summed E-state index contributed by atoms with van der Waals surface area (Å²) in [5.41, 5.74) is -0.264. The predicted octanol–water partition coefficient (Wildman–Crippen LogP) is 2.82. The number of carboxylic acid groups (broad SMARTS) is 1. The van der Waals surface area contributed by atoms with E-state index in [1.807, 2.05) is 12.2 Å². The van der Waals surface area contributed by atoms with Gasteiger partial charge in [-0.3, -0.25) is 9.59 Å². The summed E-state index contributed by atoms with van der Waals surface area (Å²) in [6.07, 6.45) is 5.17. The highest BCUT2D eigenvalue weighted by Crippen LogP contribution is 2.45. The molecule has 1 saturated carbocycles. The van der Waals surface area contributed by atoms with Gasteiger partial charge in [0.1, 0.15) is 11.6 Å². The molecule has 1 fully saturated rings. The van der Waals surface area contributed by atoms with Gasteiger partial charge in [0.15, 0.2) is 0 Å². The molecule has 0 radical (unpaired) electrons. The van der Waals surface area contributed by atoms with Gasteiger partial charge >= 0.3 is 5.97 Å². The Morgan fingerprint density at radius 2 is 1.73 bits per heavy atom. The summed E-state index contributed by atoms with van der Waals surface area (Å²) in [4.78, 5) is 23.9. The third-order valence-corrected chi connectivity index (χ3v) is 4.52. The summed E-state index contributed by atoms with van der Waals surface area (Å²) in [6, 6.07) is 2.77. The number of amides is 1. The zero-order valence-electron chi connectivity index (χ0n) is 11.6. The zero-order chi connectivity index (χ0) is 15.9. The summed E-state index contributed by atoms with van der Waals surface area (Å²) in [6.45, 7) is 0. The van der Waals surface area contributed by atoms with Crippen molar-refractivity contribution in [2.75, 3.05) is 5.32 Å². The first-order chi connectivity index (χ1) is 10.5. The molecule has 22 heavy (non-hydrogen) atoms. The second-order valence-electron chi connectivity index (χ2n) is 5.79. The number of fused-ring (bicyclic) bond motifs is 2. The van der Waals surface area contributed by atoms with Crippen molar-refractivity contribution < 1.29 is 23.5 Å². The Bertz CT molecular complexity index is 659. The Hall–Kier alpha value is -2.24. The van der Waals surface area contributed by atoms with E-state index in [1.165, 1.54) is 0 Å². The van der Waals surface area contributed by atoms with Crippen LogP contribution in [-0.4, -0.2) is 17.0 Å². The number of anilines is 1. The molecular weight excluding hydrogens is 292 g/mol. The number of allylic oxidation sites excluding steroid dienone is 2. The molecule has 1 aromatic rings. The zero-order valence-corrected chi connectivity index (χ0v) is 11.6. The summed E-state index contributed by atoms with van der Waals surface area (Å²) < 4.78 is 26.8. The minimum absolute atomic E-state index is 0.178. The summed E-state index contributed by atoms with van der Waals surface area (Å²) >= 11 is 0. The highest BCUT2D eigenvalue weighted by molar-refractivity contribution is 5.96. The number of carbonyl (C=O) groups excluding carboxylic acids is 1. The number of rotatable bonds is 3. The SMILES string of the molecule is O=C(O)C1C2C=CC(CC2)C1C(=O)Nc1cc(F)ccc1F. The Morgan fingerprint density at radius 3 is 2.32 bits per heavy atom. The average Bonchev–Trinajstić information content (AvgIpc) is 2.51. The lowest BCUT2D eigenvalue weighted by Crippen LogP contribution is -2.47. The standard InChI is InChI=1S/C16H15F2NO3/c17-10-5-6-11(18)12(7-10)19-15(20)13-8-1-3-9(4-2-8)14(13)16(21)22/h1,3,5-9,13-14H,2,4H2,(H,19,20)(H,21,22). The summed E-state index contributed by atoms with van der Waals surface area (Å²) in [5, 5.41) is 11.7. The van der Waals surface area contributed by atoms with Crippen LogP contribution in [0, 0.1) is 35.3 Å². The number of halogens is 2. The van der Waals surface area contributed by atoms with Crippen LogP contribution in [0.1, 0.15) is 12.8 Å². The molecule has 6 heteroatoms. The lowest BCUT2D eigenvalue weighted by molar-refractivity contribution is -0.151. The lowest BCUT2D eigenvalue weighted by atomic mass is 9.62. The number of hydrogen-bond donors (Lipinski definition) is 2. The molecule has 2 bridgehead atoms. The van der Waals surface area contributed by atoms with Gasteiger partial charge in [0.05, 0.1) is 17.5 Å². The van der Waals surface area contributed by atoms with Gasteiger partial charge in [-0.15, -0.1) is 0 Å². The van der Waals surface area contributed by atoms with Crippen LogP contribution in [0.25, 0.3) is 0 Å². The van der Waals surface area contributed by atoms with Crippen molar-refractivity contribution in [3.05, 3.63) is 42.0 Å². The maximum atomic E-state index is 13.6. The van der Waals surface area contributed by atoms with Gasteiger partial charge in [0.25, 0.3) is 0 Å². The van der Waals surface area contributed by atoms with Crippen molar-refractivity contribution in [1.29, 1.82) is 0 Å². The van der Waals surface area contributed by atoms with Crippen molar-refractivity contribution >= 4 is 17.6 Å². The van der Waals surface area contributed by atoms with E-state index in [0.717, 1.165) is 31.0 Å². The monoisotopic (exact) mass is 307 g/mol. The molecule has 0 aromatic heterocycles. The topological polar surface area (TPSA) is 66.4 Å². The maximum Gasteiger partial charge on any atom is 0.307 e. The van der Waals surface area contributed by atoms with E-state index in [9.17, 15) is 23.5 Å². The van der Waals surface area contributed by atoms with Crippen molar-refractivity contribution in [2.45, 2.75) is 12.8 Å². The molecule has 1 amide bonds. The van der Waals surface area contributed by atoms with Crippen molar-refractivity contribution in [1.82, 2.24) is 0 Å². The Balaban J connectivity index is 1.86. The number of carbonyl (C=O) groups is 2. The van der Waals surface area contributed by atoms with Crippen LogP contribution in [0.5, 0.6) is 0 Å². The Morgan fingerprint density at radius 1 is 1.09 bits per heavy atom. The fraction of sp³-hybridized carbons (Fsp3) is 0.375. The molecule has 3 aliphatic carbocycles. The van der Waals surface area contributed by atoms with E-state index in [-0.39, 0.29) is 17.5 Å². The highest BCUT2D eigenvalue weighted by atomic mass is 19.1. The third kappa shape index (κ3) is 2.49. The van der Waals surface area contributed by atoms with E-state index < -0.39 is 35.3 Å². The molecule has 3 aliphatic rings. The van der Waals surface area contributed by atoms with E-state index >= 15 is 0 Å². The first-order valence-corrected chi connectivity index (χ1v) is 7.14. The molecule has 0 aliphatic heterocycles. The first-order valence-electron chi connectivity index (χ1n) is 7.14. The van der Waals surface area contributed by atoms with Gasteiger partial charge in [0, 0.05) is 6.07 Å². The van der Waals surface area contributed by atoms with Crippen LogP contribution in [-0.2, 0) is 9.59 Å². The Kier molecular flexibility index (Phi) is 3.68. The van der Waals surface area contributed by atoms with Crippen molar-refractivity contribution in [3.8, 4) is 0 Å². The van der Waals surface area contributed by atoms with Gasteiger partial charge in [-0.05, 0) is 36.8 Å². The quantitative estimate of drug-likeness (QED) is 0.844. The normalized spacial score (nSPS) is 29.4. The average molecular weight is 307 g/mol. The second-order valence-corrected chi connectivity index (χ2v) is 5.79. The lowest BCUT2D eigenvalue weighted by Gasteiger charge is -2.41. The smallest absolute Gasteiger partial charge is 0.307 e. The molecular formula is C16H15F2NO3. The molecule has 4 rings (SSSR count). The fourth-order valence-corrected chi connectivity index (χ4v) is 3.50. The minimum Gasteiger partial charge on any atom is -0.481 e. The molecule has 1 aromatic carbocycles. The van der Waals surface area contributed by atoms with Gasteiger partial charge in [0.2, 0.25) is 5.91 Å². The van der Waals surface area contributed by atoms with Crippen LogP contribution in [0.2, 0.25) is 0 Å². The first kappa shape index (κ1) is 14.7. The molecule has 4 nitrogen and oxygen atoms in total. The van der Waals surface area contributed by atoms with Gasteiger partial charge in [-0.2, -0.15) is 0 Å². The van der Waals surface area contributed by atoms with Gasteiger partial charge in [-0.25, -0.2) is 8.78 Å². The van der Waals surface area contributed by atoms with E-state index in [4.69, 9.17) is 0 Å². The number of carboxylic acids is 1. The molecule has 2 N–H and O–H groups in total. The number of benzene rings is 1. The van der Waals surface area contributed by atoms with E-state index in [0.29, 0.717) is 0 Å². The number of aliphatic carboxylic acids is 1. The van der Waals surface area contributed by atoms with Crippen molar-refractivity contribution in [3.63, 3.8) is 0 Å². The summed E-state index contributed by atoms with van der Waals surface area (Å²) in [7, 11) is 0. The molecule has 4 unspecified atom stereocenters. The highest BCUT2D eigenvalue weighted by Gasteiger charge is 2.48. The van der Waals surface area contributed by atoms with E-state index in [2.05, 4.69) is 5.32 Å². The molecule has 4 atom stereocenters. The van der Waals surface area contributed by atoms with Crippen molar-refractivity contribution in [2.24, 2.45) is 23.7 Å². The van der Waals surface area contributed by atoms with Crippen LogP contribution in [0.4, 0.5) is 14.5 Å². The molecule has 0 saturated heterocycles. The minimum atomic E-state index is -1.03. The second kappa shape index (κ2) is 5.51. The van der Waals surface area contributed by atoms with Crippen LogP contribution >= 0.6 is 0 Å². The van der Waals surface area contributed by atoms with Gasteiger partial charge in [-0.1, -0.05) is 12.2 Å². The number of nitrogens with one attached hydrogen (secondary N) is 1. The van der Waals surface area contributed by atoms with Crippen LogP contribution in [0.15, 0.2) is 30.4 Å². The molecule has 0 spiro atoms. The van der Waals surface area contributed by atoms with Crippen LogP contribution < -0.4 is 5.32 Å². The Labute approximate surface area is 125 Å². The molecule has 116 valence electrons. The number of hydrogen-bond acceptors (Lipinski definition) is 2. The van der Waals surface area contributed by atoms with E-state index in [1.54, 1.807) is 0 Å². The maximum absolute atomic E-state index is 13.6. The third-order valence-electron chi connectivity index (χ3n) is 4.52.